The summed E-state index contributed by atoms with van der Waals surface area (Å²) in [5.74, 6) is 0. The van der Waals surface area contributed by atoms with Crippen molar-refractivity contribution in [1.29, 1.82) is 0 Å². The Hall–Kier alpha value is -1.05. The number of hydrogen-bond acceptors (Lipinski definition) is 1. The summed E-state index contributed by atoms with van der Waals surface area (Å²) < 4.78 is 2.30. The predicted molar refractivity (Wildman–Crippen MR) is 56.3 cm³/mol. The summed E-state index contributed by atoms with van der Waals surface area (Å²) in [4.78, 5) is 10.8. The lowest BCUT2D eigenvalue weighted by molar-refractivity contribution is -0.109. The molecule has 1 aromatic heterocycles. The molecule has 0 unspecified atom stereocenters. The number of carbonyl (C=O) groups is 1. The van der Waals surface area contributed by atoms with Gasteiger partial charge in [-0.2, -0.15) is 0 Å². The van der Waals surface area contributed by atoms with Crippen LogP contribution in [0.4, 0.5) is 0 Å². The third kappa shape index (κ3) is 1.29. The van der Waals surface area contributed by atoms with Crippen molar-refractivity contribution in [3.63, 3.8) is 0 Å². The summed E-state index contributed by atoms with van der Waals surface area (Å²) in [5, 5.41) is 0. The Morgan fingerprint density at radius 3 is 3.21 bits per heavy atom. The first-order valence-corrected chi connectivity index (χ1v) is 5.42. The highest BCUT2D eigenvalue weighted by molar-refractivity contribution is 5.53. The Bertz CT molecular complexity index is 329. The minimum absolute atomic E-state index is 0.128. The van der Waals surface area contributed by atoms with E-state index in [1.54, 1.807) is 0 Å². The maximum Gasteiger partial charge on any atom is 0.120 e. The molecule has 0 aromatic carbocycles. The fraction of sp³-hybridized carbons (Fsp3) is 0.583. The number of aldehydes is 1. The summed E-state index contributed by atoms with van der Waals surface area (Å²) >= 11 is 0. The van der Waals surface area contributed by atoms with Crippen LogP contribution in [0.2, 0.25) is 0 Å². The molecular weight excluding hydrogens is 174 g/mol. The van der Waals surface area contributed by atoms with E-state index in [0.29, 0.717) is 6.42 Å². The van der Waals surface area contributed by atoms with Crippen molar-refractivity contribution in [3.05, 3.63) is 24.0 Å². The van der Waals surface area contributed by atoms with E-state index in [1.807, 2.05) is 0 Å². The molecule has 0 saturated heterocycles. The lowest BCUT2D eigenvalue weighted by Crippen LogP contribution is -2.33. The standard InChI is InChI=1S/C12H17NO/c1-2-12(7-10-14)6-4-9-13-8-3-5-11(12)13/h3,5,8,10H,2,4,6-7,9H2,1H3/t12-/m1/s1. The molecule has 0 fully saturated rings. The topological polar surface area (TPSA) is 22.0 Å². The minimum Gasteiger partial charge on any atom is -0.351 e. The Morgan fingerprint density at radius 1 is 1.64 bits per heavy atom. The number of fused-ring (bicyclic) bond motifs is 1. The van der Waals surface area contributed by atoms with E-state index in [4.69, 9.17) is 0 Å². The van der Waals surface area contributed by atoms with Crippen LogP contribution >= 0.6 is 0 Å². The Morgan fingerprint density at radius 2 is 2.50 bits per heavy atom. The molecule has 0 bridgehead atoms. The van der Waals surface area contributed by atoms with E-state index in [9.17, 15) is 4.79 Å². The van der Waals surface area contributed by atoms with Crippen LogP contribution in [-0.4, -0.2) is 10.9 Å². The van der Waals surface area contributed by atoms with Crippen LogP contribution in [0.15, 0.2) is 18.3 Å². The first kappa shape index (κ1) is 9.50. The van der Waals surface area contributed by atoms with Crippen LogP contribution < -0.4 is 0 Å². The first-order chi connectivity index (χ1) is 6.82. The summed E-state index contributed by atoms with van der Waals surface area (Å²) in [6.45, 7) is 3.30. The molecule has 2 rings (SSSR count). The van der Waals surface area contributed by atoms with Gasteiger partial charge in [-0.15, -0.1) is 0 Å². The van der Waals surface area contributed by atoms with Crippen molar-refractivity contribution in [2.24, 2.45) is 0 Å². The highest BCUT2D eigenvalue weighted by atomic mass is 16.1. The number of carbonyl (C=O) groups excluding carboxylic acids is 1. The number of nitrogens with zero attached hydrogens (tertiary/aromatic N) is 1. The summed E-state index contributed by atoms with van der Waals surface area (Å²) in [5.41, 5.74) is 1.49. The quantitative estimate of drug-likeness (QED) is 0.673. The molecule has 14 heavy (non-hydrogen) atoms. The van der Waals surface area contributed by atoms with Crippen LogP contribution in [0.1, 0.15) is 38.3 Å². The number of hydrogen-bond donors (Lipinski definition) is 0. The first-order valence-electron chi connectivity index (χ1n) is 5.42. The third-order valence-electron chi connectivity index (χ3n) is 3.58. The maximum absolute atomic E-state index is 10.8. The largest absolute Gasteiger partial charge is 0.351 e. The molecular formula is C12H17NO. The van der Waals surface area contributed by atoms with E-state index in [2.05, 4.69) is 29.8 Å². The zero-order valence-corrected chi connectivity index (χ0v) is 8.70. The van der Waals surface area contributed by atoms with Crippen LogP contribution in [0.5, 0.6) is 0 Å². The van der Waals surface area contributed by atoms with Crippen molar-refractivity contribution >= 4 is 6.29 Å². The van der Waals surface area contributed by atoms with E-state index >= 15 is 0 Å². The second-order valence-corrected chi connectivity index (χ2v) is 4.20. The van der Waals surface area contributed by atoms with Gasteiger partial charge in [-0.1, -0.05) is 6.92 Å². The van der Waals surface area contributed by atoms with Crippen LogP contribution in [0, 0.1) is 0 Å². The molecule has 0 aliphatic carbocycles. The van der Waals surface area contributed by atoms with E-state index in [1.165, 1.54) is 12.1 Å². The summed E-state index contributed by atoms with van der Waals surface area (Å²) in [7, 11) is 0. The van der Waals surface area contributed by atoms with Crippen molar-refractivity contribution in [1.82, 2.24) is 4.57 Å². The van der Waals surface area contributed by atoms with Gasteiger partial charge in [0.15, 0.2) is 0 Å². The van der Waals surface area contributed by atoms with Crippen molar-refractivity contribution < 1.29 is 4.79 Å². The van der Waals surface area contributed by atoms with Gasteiger partial charge in [-0.3, -0.25) is 0 Å². The van der Waals surface area contributed by atoms with Gasteiger partial charge in [0.05, 0.1) is 0 Å². The van der Waals surface area contributed by atoms with Gasteiger partial charge in [0, 0.05) is 30.3 Å². The molecule has 0 N–H and O–H groups in total. The lowest BCUT2D eigenvalue weighted by atomic mass is 9.73. The van der Waals surface area contributed by atoms with Crippen molar-refractivity contribution in [2.45, 2.75) is 44.6 Å². The average molecular weight is 191 g/mol. The van der Waals surface area contributed by atoms with Gasteiger partial charge < -0.3 is 9.36 Å². The lowest BCUT2D eigenvalue weighted by Gasteiger charge is -2.36. The number of rotatable bonds is 3. The molecule has 2 heteroatoms. The highest BCUT2D eigenvalue weighted by Gasteiger charge is 2.34. The Labute approximate surface area is 84.9 Å². The van der Waals surface area contributed by atoms with E-state index < -0.39 is 0 Å². The molecule has 2 nitrogen and oxygen atoms in total. The number of aromatic nitrogens is 1. The highest BCUT2D eigenvalue weighted by Crippen LogP contribution is 2.39. The van der Waals surface area contributed by atoms with Gasteiger partial charge in [0.2, 0.25) is 0 Å². The van der Waals surface area contributed by atoms with Crippen LogP contribution in [-0.2, 0) is 16.8 Å². The monoisotopic (exact) mass is 191 g/mol. The van der Waals surface area contributed by atoms with E-state index in [-0.39, 0.29) is 5.41 Å². The second-order valence-electron chi connectivity index (χ2n) is 4.20. The number of aryl methyl sites for hydroxylation is 1. The third-order valence-corrected chi connectivity index (χ3v) is 3.58. The molecule has 1 aliphatic heterocycles. The van der Waals surface area contributed by atoms with Gasteiger partial charge in [-0.25, -0.2) is 0 Å². The normalized spacial score (nSPS) is 25.8. The zero-order valence-electron chi connectivity index (χ0n) is 8.70. The van der Waals surface area contributed by atoms with Gasteiger partial charge >= 0.3 is 0 Å². The zero-order chi connectivity index (χ0) is 10.0. The molecule has 1 aliphatic rings. The summed E-state index contributed by atoms with van der Waals surface area (Å²) in [6, 6.07) is 4.27. The maximum atomic E-state index is 10.8. The van der Waals surface area contributed by atoms with Crippen molar-refractivity contribution in [2.75, 3.05) is 0 Å². The van der Waals surface area contributed by atoms with E-state index in [0.717, 1.165) is 25.7 Å². The van der Waals surface area contributed by atoms with Gasteiger partial charge in [0.25, 0.3) is 0 Å². The smallest absolute Gasteiger partial charge is 0.120 e. The average Bonchev–Trinajstić information content (AvgIpc) is 2.67. The fourth-order valence-electron chi connectivity index (χ4n) is 2.67. The minimum atomic E-state index is 0.128. The molecule has 0 spiro atoms. The summed E-state index contributed by atoms with van der Waals surface area (Å²) in [6.07, 6.45) is 7.30. The van der Waals surface area contributed by atoms with Gasteiger partial charge in [-0.05, 0) is 31.4 Å². The molecule has 2 heterocycles. The SMILES string of the molecule is CC[C@]1(CC=O)CCCn2cccc21. The molecule has 1 atom stereocenters. The van der Waals surface area contributed by atoms with Crippen LogP contribution in [0.3, 0.4) is 0 Å². The fourth-order valence-corrected chi connectivity index (χ4v) is 2.67. The molecule has 76 valence electrons. The Balaban J connectivity index is 2.41. The Kier molecular flexibility index (Phi) is 2.44. The van der Waals surface area contributed by atoms with Crippen molar-refractivity contribution in [3.8, 4) is 0 Å². The van der Waals surface area contributed by atoms with Gasteiger partial charge in [0.1, 0.15) is 6.29 Å². The molecule has 1 aromatic rings. The molecule has 0 amide bonds. The predicted octanol–water partition coefficient (Wildman–Crippen LogP) is 2.52. The molecule has 0 saturated carbocycles. The van der Waals surface area contributed by atoms with Crippen LogP contribution in [0.25, 0.3) is 0 Å². The second kappa shape index (κ2) is 3.60. The molecule has 0 radical (unpaired) electrons.